The molecule has 0 aliphatic rings. The fourth-order valence-electron chi connectivity index (χ4n) is 1.33. The molecule has 0 saturated heterocycles. The van der Waals surface area contributed by atoms with Crippen LogP contribution in [0.25, 0.3) is 0 Å². The number of ketones is 1. The Hall–Kier alpha value is -1.68. The van der Waals surface area contributed by atoms with Crippen LogP contribution in [0.5, 0.6) is 0 Å². The summed E-state index contributed by atoms with van der Waals surface area (Å²) in [4.78, 5) is 23.2. The Morgan fingerprint density at radius 1 is 1.24 bits per heavy atom. The summed E-state index contributed by atoms with van der Waals surface area (Å²) in [6.07, 6.45) is 0.698. The third-order valence-electron chi connectivity index (χ3n) is 2.33. The van der Waals surface area contributed by atoms with Gasteiger partial charge in [0.05, 0.1) is 0 Å². The molecule has 1 rings (SSSR count). The number of ether oxygens (including phenoxy) is 1. The maximum Gasteiger partial charge on any atom is 0.292 e. The lowest BCUT2D eigenvalue weighted by molar-refractivity contribution is -0.117. The molecule has 1 amide bonds. The van der Waals surface area contributed by atoms with E-state index in [1.165, 1.54) is 0 Å². The number of hydrogen-bond donors (Lipinski definition) is 1. The number of nitrogens with one attached hydrogen (secondary N) is 1. The molecule has 0 aliphatic heterocycles. The first kappa shape index (κ1) is 13.4. The highest BCUT2D eigenvalue weighted by Gasteiger charge is 2.14. The Morgan fingerprint density at radius 3 is 2.47 bits per heavy atom. The van der Waals surface area contributed by atoms with Gasteiger partial charge in [0.2, 0.25) is 5.78 Å². The van der Waals surface area contributed by atoms with Gasteiger partial charge >= 0.3 is 0 Å². The Balaban J connectivity index is 2.46. The van der Waals surface area contributed by atoms with Crippen molar-refractivity contribution in [2.75, 3.05) is 20.3 Å². The number of aryl methyl sites for hydroxylation is 1. The second-order valence-electron chi connectivity index (χ2n) is 3.80. The Labute approximate surface area is 101 Å². The number of methoxy groups -OCH3 is 1. The van der Waals surface area contributed by atoms with Gasteiger partial charge in [-0.1, -0.05) is 29.8 Å². The van der Waals surface area contributed by atoms with Crippen LogP contribution >= 0.6 is 0 Å². The maximum absolute atomic E-state index is 11.7. The van der Waals surface area contributed by atoms with Crippen LogP contribution in [0.15, 0.2) is 24.3 Å². The normalized spacial score (nSPS) is 10.0. The number of carbonyl (C=O) groups excluding carboxylic acids is 2. The maximum atomic E-state index is 11.7. The van der Waals surface area contributed by atoms with E-state index in [0.29, 0.717) is 25.1 Å². The molecule has 0 unspecified atom stereocenters. The zero-order chi connectivity index (χ0) is 12.7. The van der Waals surface area contributed by atoms with E-state index in [-0.39, 0.29) is 0 Å². The number of carbonyl (C=O) groups is 2. The minimum atomic E-state index is -0.565. The average Bonchev–Trinajstić information content (AvgIpc) is 2.34. The molecule has 17 heavy (non-hydrogen) atoms. The van der Waals surface area contributed by atoms with Crippen LogP contribution in [0.2, 0.25) is 0 Å². The van der Waals surface area contributed by atoms with Gasteiger partial charge in [-0.05, 0) is 13.3 Å². The van der Waals surface area contributed by atoms with Crippen LogP contribution in [0.4, 0.5) is 0 Å². The summed E-state index contributed by atoms with van der Waals surface area (Å²) in [5, 5.41) is 2.56. The number of hydrogen-bond acceptors (Lipinski definition) is 3. The monoisotopic (exact) mass is 235 g/mol. The van der Waals surface area contributed by atoms with Gasteiger partial charge in [0.25, 0.3) is 5.91 Å². The fourth-order valence-corrected chi connectivity index (χ4v) is 1.33. The molecule has 0 heterocycles. The molecule has 0 aliphatic carbocycles. The SMILES string of the molecule is COCCCNC(=O)C(=O)c1ccc(C)cc1. The van der Waals surface area contributed by atoms with Crippen molar-refractivity contribution in [2.24, 2.45) is 0 Å². The molecule has 4 heteroatoms. The van der Waals surface area contributed by atoms with Crippen molar-refractivity contribution in [3.8, 4) is 0 Å². The lowest BCUT2D eigenvalue weighted by Crippen LogP contribution is -2.32. The molecule has 0 fully saturated rings. The van der Waals surface area contributed by atoms with Crippen LogP contribution in [-0.4, -0.2) is 32.0 Å². The molecule has 0 radical (unpaired) electrons. The minimum absolute atomic E-state index is 0.417. The van der Waals surface area contributed by atoms with Crippen molar-refractivity contribution in [1.29, 1.82) is 0 Å². The first-order chi connectivity index (χ1) is 8.15. The third-order valence-corrected chi connectivity index (χ3v) is 2.33. The molecule has 1 aromatic carbocycles. The Morgan fingerprint density at radius 2 is 1.88 bits per heavy atom. The van der Waals surface area contributed by atoms with E-state index in [9.17, 15) is 9.59 Å². The predicted octanol–water partition coefficient (Wildman–Crippen LogP) is 1.33. The summed E-state index contributed by atoms with van der Waals surface area (Å²) in [6, 6.07) is 6.94. The van der Waals surface area contributed by atoms with E-state index in [0.717, 1.165) is 5.56 Å². The molecular weight excluding hydrogens is 218 g/mol. The molecule has 0 atom stereocenters. The zero-order valence-corrected chi connectivity index (χ0v) is 10.2. The second-order valence-corrected chi connectivity index (χ2v) is 3.80. The molecule has 92 valence electrons. The van der Waals surface area contributed by atoms with Gasteiger partial charge in [0.1, 0.15) is 0 Å². The van der Waals surface area contributed by atoms with Gasteiger partial charge in [0, 0.05) is 25.8 Å². The first-order valence-corrected chi connectivity index (χ1v) is 5.53. The lowest BCUT2D eigenvalue weighted by Gasteiger charge is -2.04. The van der Waals surface area contributed by atoms with Gasteiger partial charge in [-0.25, -0.2) is 0 Å². The van der Waals surface area contributed by atoms with Gasteiger partial charge < -0.3 is 10.1 Å². The van der Waals surface area contributed by atoms with Crippen molar-refractivity contribution < 1.29 is 14.3 Å². The molecule has 0 saturated carbocycles. The van der Waals surface area contributed by atoms with Crippen LogP contribution in [0.3, 0.4) is 0 Å². The second kappa shape index (κ2) is 6.81. The van der Waals surface area contributed by atoms with E-state index in [1.54, 1.807) is 19.2 Å². The van der Waals surface area contributed by atoms with Crippen molar-refractivity contribution >= 4 is 11.7 Å². The highest BCUT2D eigenvalue weighted by molar-refractivity contribution is 6.42. The number of amides is 1. The summed E-state index contributed by atoms with van der Waals surface area (Å²) in [5.74, 6) is -1.06. The van der Waals surface area contributed by atoms with E-state index in [1.807, 2.05) is 19.1 Å². The molecular formula is C13H17NO3. The van der Waals surface area contributed by atoms with Crippen molar-refractivity contribution in [3.05, 3.63) is 35.4 Å². The molecule has 1 N–H and O–H groups in total. The molecule has 0 spiro atoms. The van der Waals surface area contributed by atoms with Gasteiger partial charge in [-0.3, -0.25) is 9.59 Å². The minimum Gasteiger partial charge on any atom is -0.385 e. The molecule has 1 aromatic rings. The van der Waals surface area contributed by atoms with Gasteiger partial charge in [-0.15, -0.1) is 0 Å². The standard InChI is InChI=1S/C13H17NO3/c1-10-4-6-11(7-5-10)12(15)13(16)14-8-3-9-17-2/h4-7H,3,8-9H2,1-2H3,(H,14,16). The fraction of sp³-hybridized carbons (Fsp3) is 0.385. The average molecular weight is 235 g/mol. The summed E-state index contributed by atoms with van der Waals surface area (Å²) < 4.78 is 4.85. The van der Waals surface area contributed by atoms with E-state index < -0.39 is 11.7 Å². The summed E-state index contributed by atoms with van der Waals surface area (Å²) in [6.45, 7) is 2.95. The van der Waals surface area contributed by atoms with Crippen LogP contribution in [-0.2, 0) is 9.53 Å². The van der Waals surface area contributed by atoms with Crippen LogP contribution in [0.1, 0.15) is 22.3 Å². The highest BCUT2D eigenvalue weighted by Crippen LogP contribution is 2.03. The Kier molecular flexibility index (Phi) is 5.36. The summed E-state index contributed by atoms with van der Waals surface area (Å²) >= 11 is 0. The third kappa shape index (κ3) is 4.36. The van der Waals surface area contributed by atoms with Crippen molar-refractivity contribution in [3.63, 3.8) is 0 Å². The molecule has 0 bridgehead atoms. The van der Waals surface area contributed by atoms with E-state index in [4.69, 9.17) is 4.74 Å². The topological polar surface area (TPSA) is 55.4 Å². The number of benzene rings is 1. The first-order valence-electron chi connectivity index (χ1n) is 5.53. The van der Waals surface area contributed by atoms with E-state index >= 15 is 0 Å². The Bertz CT molecular complexity index is 384. The zero-order valence-electron chi connectivity index (χ0n) is 10.2. The lowest BCUT2D eigenvalue weighted by atomic mass is 10.1. The van der Waals surface area contributed by atoms with Gasteiger partial charge in [0.15, 0.2) is 0 Å². The largest absolute Gasteiger partial charge is 0.385 e. The highest BCUT2D eigenvalue weighted by atomic mass is 16.5. The van der Waals surface area contributed by atoms with E-state index in [2.05, 4.69) is 5.32 Å². The number of Topliss-reactive ketones (excluding diaryl/α,β-unsaturated/α-hetero) is 1. The predicted molar refractivity (Wildman–Crippen MR) is 65.0 cm³/mol. The smallest absolute Gasteiger partial charge is 0.292 e. The van der Waals surface area contributed by atoms with Crippen molar-refractivity contribution in [2.45, 2.75) is 13.3 Å². The number of rotatable bonds is 6. The quantitative estimate of drug-likeness (QED) is 0.460. The van der Waals surface area contributed by atoms with Crippen LogP contribution in [0, 0.1) is 6.92 Å². The molecule has 0 aromatic heterocycles. The summed E-state index contributed by atoms with van der Waals surface area (Å²) in [7, 11) is 1.60. The van der Waals surface area contributed by atoms with Crippen LogP contribution < -0.4 is 5.32 Å². The van der Waals surface area contributed by atoms with Gasteiger partial charge in [-0.2, -0.15) is 0 Å². The molecule has 4 nitrogen and oxygen atoms in total. The summed E-state index contributed by atoms with van der Waals surface area (Å²) in [5.41, 5.74) is 1.47. The van der Waals surface area contributed by atoms with Crippen molar-refractivity contribution in [1.82, 2.24) is 5.32 Å².